The SMILES string of the molecule is CC(C)c1ccc(CNC2CNC(=O)C2)cc1. The summed E-state index contributed by atoms with van der Waals surface area (Å²) in [5.74, 6) is 0.728. The molecule has 3 heteroatoms. The molecule has 0 aromatic heterocycles. The van der Waals surface area contributed by atoms with E-state index in [9.17, 15) is 4.79 Å². The Hall–Kier alpha value is -1.35. The van der Waals surface area contributed by atoms with Gasteiger partial charge in [0, 0.05) is 25.6 Å². The van der Waals surface area contributed by atoms with Crippen molar-refractivity contribution in [2.45, 2.75) is 38.8 Å². The number of hydrogen-bond acceptors (Lipinski definition) is 2. The molecule has 1 fully saturated rings. The number of rotatable bonds is 4. The van der Waals surface area contributed by atoms with Crippen molar-refractivity contribution in [3.05, 3.63) is 35.4 Å². The van der Waals surface area contributed by atoms with Crippen LogP contribution in [0.3, 0.4) is 0 Å². The Morgan fingerprint density at radius 2 is 2.06 bits per heavy atom. The van der Waals surface area contributed by atoms with E-state index >= 15 is 0 Å². The molecule has 0 aliphatic carbocycles. The molecular formula is C14H20N2O. The lowest BCUT2D eigenvalue weighted by Crippen LogP contribution is -2.30. The molecule has 2 N–H and O–H groups in total. The molecular weight excluding hydrogens is 212 g/mol. The molecule has 1 aromatic rings. The van der Waals surface area contributed by atoms with Gasteiger partial charge in [0.1, 0.15) is 0 Å². The predicted octanol–water partition coefficient (Wildman–Crippen LogP) is 1.79. The number of benzene rings is 1. The number of hydrogen-bond donors (Lipinski definition) is 2. The Kier molecular flexibility index (Phi) is 3.79. The Balaban J connectivity index is 1.85. The summed E-state index contributed by atoms with van der Waals surface area (Å²) in [5.41, 5.74) is 2.64. The summed E-state index contributed by atoms with van der Waals surface area (Å²) >= 11 is 0. The third-order valence-corrected chi connectivity index (χ3v) is 3.22. The largest absolute Gasteiger partial charge is 0.354 e. The molecule has 1 unspecified atom stereocenters. The molecule has 2 rings (SSSR count). The summed E-state index contributed by atoms with van der Waals surface area (Å²) in [5, 5.41) is 6.22. The van der Waals surface area contributed by atoms with Gasteiger partial charge in [-0.1, -0.05) is 38.1 Å². The lowest BCUT2D eigenvalue weighted by Gasteiger charge is -2.11. The average Bonchev–Trinajstić information content (AvgIpc) is 2.73. The van der Waals surface area contributed by atoms with Gasteiger partial charge in [-0.3, -0.25) is 4.79 Å². The fourth-order valence-corrected chi connectivity index (χ4v) is 2.03. The van der Waals surface area contributed by atoms with Crippen LogP contribution < -0.4 is 10.6 Å². The Labute approximate surface area is 103 Å². The highest BCUT2D eigenvalue weighted by atomic mass is 16.1. The van der Waals surface area contributed by atoms with Gasteiger partial charge in [-0.25, -0.2) is 0 Å². The maximum Gasteiger partial charge on any atom is 0.221 e. The van der Waals surface area contributed by atoms with Crippen LogP contribution in [0, 0.1) is 0 Å². The van der Waals surface area contributed by atoms with E-state index in [1.807, 2.05) is 0 Å². The summed E-state index contributed by atoms with van der Waals surface area (Å²) < 4.78 is 0. The highest BCUT2D eigenvalue weighted by Crippen LogP contribution is 2.14. The van der Waals surface area contributed by atoms with Crippen molar-refractivity contribution >= 4 is 5.91 Å². The third kappa shape index (κ3) is 3.30. The van der Waals surface area contributed by atoms with E-state index in [2.05, 4.69) is 48.7 Å². The molecule has 1 aromatic carbocycles. The zero-order valence-corrected chi connectivity index (χ0v) is 10.5. The van der Waals surface area contributed by atoms with Crippen LogP contribution >= 0.6 is 0 Å². The van der Waals surface area contributed by atoms with E-state index in [-0.39, 0.29) is 11.9 Å². The zero-order valence-electron chi connectivity index (χ0n) is 10.5. The normalized spacial score (nSPS) is 19.7. The first-order valence-electron chi connectivity index (χ1n) is 6.24. The molecule has 0 radical (unpaired) electrons. The van der Waals surface area contributed by atoms with E-state index in [1.54, 1.807) is 0 Å². The minimum Gasteiger partial charge on any atom is -0.354 e. The van der Waals surface area contributed by atoms with Crippen LogP contribution in [-0.4, -0.2) is 18.5 Å². The lowest BCUT2D eigenvalue weighted by atomic mass is 10.0. The first-order valence-corrected chi connectivity index (χ1v) is 6.24. The highest BCUT2D eigenvalue weighted by Gasteiger charge is 2.20. The van der Waals surface area contributed by atoms with Crippen LogP contribution in [0.5, 0.6) is 0 Å². The van der Waals surface area contributed by atoms with Crippen molar-refractivity contribution in [1.82, 2.24) is 10.6 Å². The third-order valence-electron chi connectivity index (χ3n) is 3.22. The molecule has 0 spiro atoms. The summed E-state index contributed by atoms with van der Waals surface area (Å²) in [4.78, 5) is 11.0. The summed E-state index contributed by atoms with van der Waals surface area (Å²) in [6.45, 7) is 5.98. The fourth-order valence-electron chi connectivity index (χ4n) is 2.03. The number of nitrogens with one attached hydrogen (secondary N) is 2. The summed E-state index contributed by atoms with van der Waals surface area (Å²) in [6, 6.07) is 8.96. The van der Waals surface area contributed by atoms with E-state index in [0.29, 0.717) is 12.3 Å². The number of carbonyl (C=O) groups excluding carboxylic acids is 1. The van der Waals surface area contributed by atoms with Crippen LogP contribution in [0.4, 0.5) is 0 Å². The maximum absolute atomic E-state index is 11.0. The van der Waals surface area contributed by atoms with E-state index in [4.69, 9.17) is 0 Å². The topological polar surface area (TPSA) is 41.1 Å². The second-order valence-corrected chi connectivity index (χ2v) is 4.98. The van der Waals surface area contributed by atoms with Gasteiger partial charge in [0.05, 0.1) is 0 Å². The maximum atomic E-state index is 11.0. The van der Waals surface area contributed by atoms with Gasteiger partial charge < -0.3 is 10.6 Å². The molecule has 1 aliphatic rings. The first-order chi connectivity index (χ1) is 8.15. The van der Waals surface area contributed by atoms with Crippen LogP contribution in [0.15, 0.2) is 24.3 Å². The summed E-state index contributed by atoms with van der Waals surface area (Å²) in [7, 11) is 0. The molecule has 0 saturated carbocycles. The van der Waals surface area contributed by atoms with Gasteiger partial charge >= 0.3 is 0 Å². The van der Waals surface area contributed by atoms with Crippen LogP contribution in [0.1, 0.15) is 37.3 Å². The van der Waals surface area contributed by atoms with Gasteiger partial charge in [0.2, 0.25) is 5.91 Å². The fraction of sp³-hybridized carbons (Fsp3) is 0.500. The molecule has 1 aliphatic heterocycles. The second kappa shape index (κ2) is 5.32. The quantitative estimate of drug-likeness (QED) is 0.831. The molecule has 3 nitrogen and oxygen atoms in total. The number of amides is 1. The van der Waals surface area contributed by atoms with E-state index in [0.717, 1.165) is 13.1 Å². The van der Waals surface area contributed by atoms with Crippen LogP contribution in [-0.2, 0) is 11.3 Å². The molecule has 1 saturated heterocycles. The van der Waals surface area contributed by atoms with Gasteiger partial charge in [-0.15, -0.1) is 0 Å². The second-order valence-electron chi connectivity index (χ2n) is 4.98. The standard InChI is InChI=1S/C14H20N2O/c1-10(2)12-5-3-11(4-6-12)8-15-13-7-14(17)16-9-13/h3-6,10,13,15H,7-9H2,1-2H3,(H,16,17). The monoisotopic (exact) mass is 232 g/mol. The van der Waals surface area contributed by atoms with Crippen molar-refractivity contribution in [3.63, 3.8) is 0 Å². The van der Waals surface area contributed by atoms with E-state index in [1.165, 1.54) is 11.1 Å². The number of carbonyl (C=O) groups is 1. The predicted molar refractivity (Wildman–Crippen MR) is 68.8 cm³/mol. The van der Waals surface area contributed by atoms with Gasteiger partial charge in [0.25, 0.3) is 0 Å². The van der Waals surface area contributed by atoms with Gasteiger partial charge in [-0.2, -0.15) is 0 Å². The minimum absolute atomic E-state index is 0.151. The Bertz CT molecular complexity index is 384. The van der Waals surface area contributed by atoms with Crippen molar-refractivity contribution in [2.75, 3.05) is 6.54 Å². The molecule has 1 amide bonds. The van der Waals surface area contributed by atoms with Crippen LogP contribution in [0.25, 0.3) is 0 Å². The minimum atomic E-state index is 0.151. The average molecular weight is 232 g/mol. The van der Waals surface area contributed by atoms with Crippen molar-refractivity contribution < 1.29 is 4.79 Å². The zero-order chi connectivity index (χ0) is 12.3. The molecule has 92 valence electrons. The Morgan fingerprint density at radius 1 is 1.35 bits per heavy atom. The lowest BCUT2D eigenvalue weighted by molar-refractivity contribution is -0.119. The molecule has 1 heterocycles. The Morgan fingerprint density at radius 3 is 2.59 bits per heavy atom. The highest BCUT2D eigenvalue weighted by molar-refractivity contribution is 5.78. The van der Waals surface area contributed by atoms with Gasteiger partial charge in [0.15, 0.2) is 0 Å². The van der Waals surface area contributed by atoms with Crippen molar-refractivity contribution in [1.29, 1.82) is 0 Å². The first kappa shape index (κ1) is 12.1. The van der Waals surface area contributed by atoms with Crippen LogP contribution in [0.2, 0.25) is 0 Å². The van der Waals surface area contributed by atoms with E-state index < -0.39 is 0 Å². The van der Waals surface area contributed by atoms with Gasteiger partial charge in [-0.05, 0) is 17.0 Å². The summed E-state index contributed by atoms with van der Waals surface area (Å²) in [6.07, 6.45) is 0.601. The molecule has 17 heavy (non-hydrogen) atoms. The smallest absolute Gasteiger partial charge is 0.221 e. The van der Waals surface area contributed by atoms with Crippen molar-refractivity contribution in [3.8, 4) is 0 Å². The molecule has 1 atom stereocenters. The molecule has 0 bridgehead atoms. The van der Waals surface area contributed by atoms with Crippen molar-refractivity contribution in [2.24, 2.45) is 0 Å².